The van der Waals surface area contributed by atoms with Crippen LogP contribution >= 0.6 is 0 Å². The third-order valence-electron chi connectivity index (χ3n) is 8.73. The van der Waals surface area contributed by atoms with Crippen molar-refractivity contribution in [2.24, 2.45) is 0 Å². The van der Waals surface area contributed by atoms with Crippen LogP contribution in [0.3, 0.4) is 0 Å². The number of benzene rings is 2. The van der Waals surface area contributed by atoms with Crippen LogP contribution in [0.1, 0.15) is 61.7 Å². The van der Waals surface area contributed by atoms with E-state index in [1.54, 1.807) is 0 Å². The minimum Gasteiger partial charge on any atom is -0.379 e. The molecule has 1 saturated carbocycles. The number of nitrogens with one attached hydrogen (secondary N) is 2. The molecule has 3 heterocycles. The number of carbonyl (C=O) groups is 1. The number of aromatic amines is 1. The summed E-state index contributed by atoms with van der Waals surface area (Å²) in [4.78, 5) is 18.4. The number of fused-ring (bicyclic) bond motifs is 1. The third kappa shape index (κ3) is 5.12. The molecule has 7 nitrogen and oxygen atoms in total. The molecule has 2 aromatic carbocycles. The van der Waals surface area contributed by atoms with Crippen LogP contribution < -0.4 is 10.2 Å². The molecule has 196 valence electrons. The van der Waals surface area contributed by atoms with Gasteiger partial charge in [0.2, 0.25) is 0 Å². The lowest BCUT2D eigenvalue weighted by atomic mass is 9.79. The van der Waals surface area contributed by atoms with E-state index in [0.717, 1.165) is 74.4 Å². The summed E-state index contributed by atoms with van der Waals surface area (Å²) in [6, 6.07) is 14.6. The van der Waals surface area contributed by atoms with Crippen LogP contribution in [0.25, 0.3) is 22.2 Å². The van der Waals surface area contributed by atoms with Gasteiger partial charge in [0, 0.05) is 60.5 Å². The molecule has 7 heteroatoms. The number of aromatic nitrogens is 2. The van der Waals surface area contributed by atoms with Gasteiger partial charge in [-0.2, -0.15) is 5.10 Å². The summed E-state index contributed by atoms with van der Waals surface area (Å²) in [5.41, 5.74) is 4.93. The number of morpholine rings is 1. The van der Waals surface area contributed by atoms with Gasteiger partial charge in [0.05, 0.1) is 24.4 Å². The fraction of sp³-hybridized carbons (Fsp3) is 0.533. The van der Waals surface area contributed by atoms with Crippen molar-refractivity contribution in [3.63, 3.8) is 0 Å². The number of carbonyl (C=O) groups excluding carboxylic acids is 1. The lowest BCUT2D eigenvalue weighted by Gasteiger charge is -2.48. The summed E-state index contributed by atoms with van der Waals surface area (Å²) in [7, 11) is 0. The molecule has 0 bridgehead atoms. The van der Waals surface area contributed by atoms with Gasteiger partial charge in [0.1, 0.15) is 0 Å². The van der Waals surface area contributed by atoms with E-state index in [0.29, 0.717) is 12.1 Å². The number of hydrogen-bond acceptors (Lipinski definition) is 5. The van der Waals surface area contributed by atoms with E-state index in [2.05, 4.69) is 49.6 Å². The van der Waals surface area contributed by atoms with Crippen molar-refractivity contribution in [3.8, 4) is 11.3 Å². The standard InChI is InChI=1S/C30H39N5O2/c36-29(31-22-30(13-3-1-4-14-30)35-17-19-37-20-18-35)24-9-12-27-26(21-24)28(33-32-27)23-7-10-25(11-8-23)34-15-5-2-6-16-34/h7-12,21H,1-6,13-20,22H2,(H,31,36)(H,32,33). The molecule has 3 fully saturated rings. The molecule has 3 aliphatic rings. The number of amides is 1. The number of anilines is 1. The summed E-state index contributed by atoms with van der Waals surface area (Å²) >= 11 is 0. The number of nitrogens with zero attached hydrogens (tertiary/aromatic N) is 3. The normalized spacial score (nSPS) is 20.7. The van der Waals surface area contributed by atoms with Gasteiger partial charge in [0.25, 0.3) is 5.91 Å². The largest absolute Gasteiger partial charge is 0.379 e. The van der Waals surface area contributed by atoms with Crippen molar-refractivity contribution in [1.29, 1.82) is 0 Å². The fourth-order valence-corrected chi connectivity index (χ4v) is 6.56. The van der Waals surface area contributed by atoms with Gasteiger partial charge in [-0.3, -0.25) is 14.8 Å². The molecule has 1 amide bonds. The quantitative estimate of drug-likeness (QED) is 0.498. The second-order valence-corrected chi connectivity index (χ2v) is 11.0. The van der Waals surface area contributed by atoms with Crippen molar-refractivity contribution in [2.45, 2.75) is 56.9 Å². The Labute approximate surface area is 219 Å². The van der Waals surface area contributed by atoms with E-state index in [9.17, 15) is 4.79 Å². The molecule has 37 heavy (non-hydrogen) atoms. The molecule has 0 atom stereocenters. The van der Waals surface area contributed by atoms with E-state index < -0.39 is 0 Å². The second-order valence-electron chi connectivity index (χ2n) is 11.0. The monoisotopic (exact) mass is 501 g/mol. The molecule has 0 unspecified atom stereocenters. The highest BCUT2D eigenvalue weighted by molar-refractivity contribution is 6.01. The lowest BCUT2D eigenvalue weighted by molar-refractivity contribution is -0.0361. The van der Waals surface area contributed by atoms with Gasteiger partial charge in [0.15, 0.2) is 0 Å². The van der Waals surface area contributed by atoms with E-state index >= 15 is 0 Å². The van der Waals surface area contributed by atoms with E-state index in [4.69, 9.17) is 4.74 Å². The van der Waals surface area contributed by atoms with Crippen LogP contribution in [-0.4, -0.2) is 72.5 Å². The average Bonchev–Trinajstić information content (AvgIpc) is 3.41. The zero-order valence-electron chi connectivity index (χ0n) is 21.8. The fourth-order valence-electron chi connectivity index (χ4n) is 6.56. The molecule has 6 rings (SSSR count). The van der Waals surface area contributed by atoms with Crippen LogP contribution in [0, 0.1) is 0 Å². The maximum atomic E-state index is 13.4. The Hall–Kier alpha value is -2.90. The van der Waals surface area contributed by atoms with Crippen molar-refractivity contribution >= 4 is 22.5 Å². The van der Waals surface area contributed by atoms with Crippen molar-refractivity contribution in [3.05, 3.63) is 48.0 Å². The minimum atomic E-state index is -0.00676. The Morgan fingerprint density at radius 3 is 2.41 bits per heavy atom. The maximum absolute atomic E-state index is 13.4. The number of H-pyrrole nitrogens is 1. The summed E-state index contributed by atoms with van der Waals surface area (Å²) in [5, 5.41) is 12.1. The Morgan fingerprint density at radius 2 is 1.65 bits per heavy atom. The van der Waals surface area contributed by atoms with E-state index in [-0.39, 0.29) is 11.4 Å². The number of piperidine rings is 1. The molecule has 0 radical (unpaired) electrons. The zero-order chi connectivity index (χ0) is 25.1. The second kappa shape index (κ2) is 10.8. The maximum Gasteiger partial charge on any atom is 0.251 e. The Kier molecular flexibility index (Phi) is 7.16. The highest BCUT2D eigenvalue weighted by Crippen LogP contribution is 2.34. The lowest BCUT2D eigenvalue weighted by Crippen LogP contribution is -2.59. The molecule has 2 N–H and O–H groups in total. The van der Waals surface area contributed by atoms with Crippen LogP contribution in [0.4, 0.5) is 5.69 Å². The number of rotatable bonds is 6. The summed E-state index contributed by atoms with van der Waals surface area (Å²) in [6.07, 6.45) is 9.91. The van der Waals surface area contributed by atoms with E-state index in [1.807, 2.05) is 18.2 Å². The summed E-state index contributed by atoms with van der Waals surface area (Å²) in [5.74, 6) is -0.00676. The van der Waals surface area contributed by atoms with Crippen LogP contribution in [-0.2, 0) is 4.74 Å². The first-order chi connectivity index (χ1) is 18.2. The molecular weight excluding hydrogens is 462 g/mol. The van der Waals surface area contributed by atoms with Gasteiger partial charge in [-0.05, 0) is 62.4 Å². The van der Waals surface area contributed by atoms with Gasteiger partial charge in [-0.1, -0.05) is 31.4 Å². The first-order valence-corrected chi connectivity index (χ1v) is 14.2. The highest BCUT2D eigenvalue weighted by Gasteiger charge is 2.38. The number of hydrogen-bond donors (Lipinski definition) is 2. The number of ether oxygens (including phenoxy) is 1. The van der Waals surface area contributed by atoms with Crippen LogP contribution in [0.15, 0.2) is 42.5 Å². The van der Waals surface area contributed by atoms with Gasteiger partial charge < -0.3 is 15.0 Å². The predicted molar refractivity (Wildman–Crippen MR) is 148 cm³/mol. The van der Waals surface area contributed by atoms with Gasteiger partial charge in [-0.25, -0.2) is 0 Å². The van der Waals surface area contributed by atoms with Crippen LogP contribution in [0.2, 0.25) is 0 Å². The zero-order valence-corrected chi connectivity index (χ0v) is 21.8. The third-order valence-corrected chi connectivity index (χ3v) is 8.73. The van der Waals surface area contributed by atoms with Gasteiger partial charge >= 0.3 is 0 Å². The molecule has 3 aromatic rings. The Balaban J connectivity index is 1.19. The molecule has 1 aliphatic carbocycles. The smallest absolute Gasteiger partial charge is 0.251 e. The first kappa shape index (κ1) is 24.4. The van der Waals surface area contributed by atoms with Crippen LogP contribution in [0.5, 0.6) is 0 Å². The molecule has 0 spiro atoms. The molecule has 1 aromatic heterocycles. The Morgan fingerprint density at radius 1 is 0.919 bits per heavy atom. The Bertz CT molecular complexity index is 1200. The summed E-state index contributed by atoms with van der Waals surface area (Å²) < 4.78 is 5.61. The topological polar surface area (TPSA) is 73.5 Å². The van der Waals surface area contributed by atoms with Crippen molar-refractivity contribution in [1.82, 2.24) is 20.4 Å². The first-order valence-electron chi connectivity index (χ1n) is 14.2. The SMILES string of the molecule is O=C(NCC1(N2CCOCC2)CCCCC1)c1ccc2[nH]nc(-c3ccc(N4CCCCC4)cc3)c2c1. The molecule has 2 saturated heterocycles. The highest BCUT2D eigenvalue weighted by atomic mass is 16.5. The van der Waals surface area contributed by atoms with Crippen molar-refractivity contribution < 1.29 is 9.53 Å². The minimum absolute atomic E-state index is 0.00676. The van der Waals surface area contributed by atoms with E-state index in [1.165, 1.54) is 44.2 Å². The predicted octanol–water partition coefficient (Wildman–Crippen LogP) is 4.99. The van der Waals surface area contributed by atoms with Gasteiger partial charge in [-0.15, -0.1) is 0 Å². The summed E-state index contributed by atoms with van der Waals surface area (Å²) in [6.45, 7) is 6.45. The molecule has 2 aliphatic heterocycles. The molecular formula is C30H39N5O2. The average molecular weight is 502 g/mol. The van der Waals surface area contributed by atoms with Crippen molar-refractivity contribution in [2.75, 3.05) is 50.8 Å².